The van der Waals surface area contributed by atoms with E-state index in [1.807, 2.05) is 47.4 Å². The third-order valence-electron chi connectivity index (χ3n) is 5.24. The van der Waals surface area contributed by atoms with Gasteiger partial charge in [0.05, 0.1) is 19.6 Å². The van der Waals surface area contributed by atoms with Crippen LogP contribution in [0.2, 0.25) is 0 Å². The number of pyridine rings is 1. The van der Waals surface area contributed by atoms with E-state index >= 15 is 0 Å². The minimum Gasteiger partial charge on any atom is -0.497 e. The lowest BCUT2D eigenvalue weighted by Gasteiger charge is -2.21. The zero-order chi connectivity index (χ0) is 19.5. The highest BCUT2D eigenvalue weighted by atomic mass is 16.5. The molecule has 2 fully saturated rings. The summed E-state index contributed by atoms with van der Waals surface area (Å²) < 4.78 is 11.0. The molecule has 4 rings (SSSR count). The summed E-state index contributed by atoms with van der Waals surface area (Å²) in [7, 11) is 1.60. The topological polar surface area (TPSA) is 72.0 Å². The van der Waals surface area contributed by atoms with Gasteiger partial charge in [0.15, 0.2) is 0 Å². The zero-order valence-corrected chi connectivity index (χ0v) is 15.8. The van der Waals surface area contributed by atoms with E-state index in [0.717, 1.165) is 17.9 Å². The summed E-state index contributed by atoms with van der Waals surface area (Å²) in [6.07, 6.45) is 2.64. The molecule has 2 unspecified atom stereocenters. The number of aromatic nitrogens is 1. The van der Waals surface area contributed by atoms with Gasteiger partial charge in [-0.3, -0.25) is 9.59 Å². The van der Waals surface area contributed by atoms with Crippen molar-refractivity contribution in [3.05, 3.63) is 48.7 Å². The molecule has 3 heterocycles. The van der Waals surface area contributed by atoms with Crippen molar-refractivity contribution in [2.75, 3.05) is 31.6 Å². The molecule has 1 aromatic carbocycles. The van der Waals surface area contributed by atoms with Gasteiger partial charge in [-0.2, -0.15) is 0 Å². The van der Waals surface area contributed by atoms with Gasteiger partial charge in [0.2, 0.25) is 17.7 Å². The Bertz CT molecular complexity index is 840. The second-order valence-electron chi connectivity index (χ2n) is 7.08. The quantitative estimate of drug-likeness (QED) is 0.793. The maximum Gasteiger partial charge on any atom is 0.228 e. The van der Waals surface area contributed by atoms with Gasteiger partial charge in [0.1, 0.15) is 11.9 Å². The fourth-order valence-corrected chi connectivity index (χ4v) is 3.76. The van der Waals surface area contributed by atoms with Crippen LogP contribution in [0.25, 0.3) is 0 Å². The van der Waals surface area contributed by atoms with Crippen LogP contribution in [0, 0.1) is 5.92 Å². The van der Waals surface area contributed by atoms with Crippen LogP contribution >= 0.6 is 0 Å². The van der Waals surface area contributed by atoms with Gasteiger partial charge < -0.3 is 19.3 Å². The number of nitrogens with zero attached hydrogens (tertiary/aromatic N) is 3. The molecule has 0 aliphatic carbocycles. The van der Waals surface area contributed by atoms with Crippen LogP contribution in [0.4, 0.5) is 5.69 Å². The summed E-state index contributed by atoms with van der Waals surface area (Å²) in [6, 6.07) is 12.8. The first kappa shape index (κ1) is 18.3. The van der Waals surface area contributed by atoms with Crippen molar-refractivity contribution in [1.82, 2.24) is 9.88 Å². The maximum absolute atomic E-state index is 12.9. The first-order valence-electron chi connectivity index (χ1n) is 9.45. The number of anilines is 1. The highest BCUT2D eigenvalue weighted by Crippen LogP contribution is 2.29. The molecule has 7 heteroatoms. The minimum atomic E-state index is -0.316. The fourth-order valence-electron chi connectivity index (χ4n) is 3.76. The second-order valence-corrected chi connectivity index (χ2v) is 7.08. The molecule has 2 aliphatic rings. The van der Waals surface area contributed by atoms with Crippen LogP contribution < -0.4 is 14.4 Å². The fraction of sp³-hybridized carbons (Fsp3) is 0.381. The van der Waals surface area contributed by atoms with Crippen molar-refractivity contribution in [2.24, 2.45) is 5.92 Å². The van der Waals surface area contributed by atoms with Gasteiger partial charge in [-0.15, -0.1) is 0 Å². The average Bonchev–Trinajstić information content (AvgIpc) is 3.35. The third-order valence-corrected chi connectivity index (χ3v) is 5.24. The van der Waals surface area contributed by atoms with Crippen molar-refractivity contribution in [1.29, 1.82) is 0 Å². The van der Waals surface area contributed by atoms with Crippen molar-refractivity contribution < 1.29 is 19.1 Å². The number of hydrogen-bond donors (Lipinski definition) is 0. The predicted molar refractivity (Wildman–Crippen MR) is 103 cm³/mol. The lowest BCUT2D eigenvalue weighted by atomic mass is 10.1. The minimum absolute atomic E-state index is 0.0241. The van der Waals surface area contributed by atoms with Gasteiger partial charge in [0, 0.05) is 43.9 Å². The van der Waals surface area contributed by atoms with E-state index in [1.165, 1.54) is 0 Å². The van der Waals surface area contributed by atoms with E-state index in [1.54, 1.807) is 18.2 Å². The Kier molecular flexibility index (Phi) is 5.14. The monoisotopic (exact) mass is 381 g/mol. The first-order chi connectivity index (χ1) is 13.6. The van der Waals surface area contributed by atoms with Crippen molar-refractivity contribution in [2.45, 2.75) is 18.9 Å². The Morgan fingerprint density at radius 3 is 2.68 bits per heavy atom. The summed E-state index contributed by atoms with van der Waals surface area (Å²) in [6.45, 7) is 1.58. The van der Waals surface area contributed by atoms with Gasteiger partial charge in [-0.1, -0.05) is 6.07 Å². The van der Waals surface area contributed by atoms with E-state index in [2.05, 4.69) is 4.98 Å². The van der Waals surface area contributed by atoms with Crippen LogP contribution in [0.5, 0.6) is 11.6 Å². The molecule has 2 aromatic rings. The molecule has 1 aromatic heterocycles. The number of likely N-dealkylation sites (tertiary alicyclic amines) is 1. The van der Waals surface area contributed by atoms with E-state index < -0.39 is 0 Å². The lowest BCUT2D eigenvalue weighted by molar-refractivity contribution is -0.135. The number of hydrogen-bond acceptors (Lipinski definition) is 5. The molecule has 2 saturated heterocycles. The van der Waals surface area contributed by atoms with Crippen LogP contribution in [0.15, 0.2) is 48.7 Å². The molecule has 0 spiro atoms. The van der Waals surface area contributed by atoms with Gasteiger partial charge in [-0.05, 0) is 30.3 Å². The van der Waals surface area contributed by atoms with E-state index in [0.29, 0.717) is 25.5 Å². The summed E-state index contributed by atoms with van der Waals surface area (Å²) >= 11 is 0. The predicted octanol–water partition coefficient (Wildman–Crippen LogP) is 2.12. The number of benzene rings is 1. The van der Waals surface area contributed by atoms with E-state index in [4.69, 9.17) is 9.47 Å². The van der Waals surface area contributed by atoms with Crippen molar-refractivity contribution in [3.63, 3.8) is 0 Å². The molecule has 7 nitrogen and oxygen atoms in total. The largest absolute Gasteiger partial charge is 0.497 e. The third kappa shape index (κ3) is 3.78. The highest BCUT2D eigenvalue weighted by molar-refractivity contribution is 6.00. The number of carbonyl (C=O) groups is 2. The smallest absolute Gasteiger partial charge is 0.228 e. The Morgan fingerprint density at radius 2 is 1.96 bits per heavy atom. The van der Waals surface area contributed by atoms with Crippen LogP contribution in [-0.2, 0) is 9.59 Å². The SMILES string of the molecule is COc1ccc(N2CC(C(=O)N3CCC(Oc4ccccn4)C3)CC2=O)cc1. The van der Waals surface area contributed by atoms with Gasteiger partial charge in [-0.25, -0.2) is 4.98 Å². The number of carbonyl (C=O) groups excluding carboxylic acids is 2. The molecule has 2 aliphatic heterocycles. The second kappa shape index (κ2) is 7.88. The molecular formula is C21H23N3O4. The highest BCUT2D eigenvalue weighted by Gasteiger charge is 2.39. The molecular weight excluding hydrogens is 358 g/mol. The number of amides is 2. The first-order valence-corrected chi connectivity index (χ1v) is 9.45. The lowest BCUT2D eigenvalue weighted by Crippen LogP contribution is -2.37. The van der Waals surface area contributed by atoms with Crippen LogP contribution in [0.1, 0.15) is 12.8 Å². The van der Waals surface area contributed by atoms with Crippen LogP contribution in [0.3, 0.4) is 0 Å². The van der Waals surface area contributed by atoms with Gasteiger partial charge >= 0.3 is 0 Å². The summed E-state index contributed by atoms with van der Waals surface area (Å²) in [5.41, 5.74) is 0.791. The molecule has 146 valence electrons. The summed E-state index contributed by atoms with van der Waals surface area (Å²) in [5, 5.41) is 0. The van der Waals surface area contributed by atoms with Crippen molar-refractivity contribution in [3.8, 4) is 11.6 Å². The Hall–Kier alpha value is -3.09. The Balaban J connectivity index is 1.35. The number of methoxy groups -OCH3 is 1. The van der Waals surface area contributed by atoms with Crippen molar-refractivity contribution >= 4 is 17.5 Å². The molecule has 0 bridgehead atoms. The molecule has 0 saturated carbocycles. The Labute approximate surface area is 163 Å². The van der Waals surface area contributed by atoms with E-state index in [9.17, 15) is 9.59 Å². The normalized spacial score (nSPS) is 21.8. The van der Waals surface area contributed by atoms with E-state index in [-0.39, 0.29) is 30.3 Å². The molecule has 2 atom stereocenters. The zero-order valence-electron chi connectivity index (χ0n) is 15.8. The standard InChI is InChI=1S/C21H23N3O4/c1-27-17-7-5-16(6-8-17)24-13-15(12-20(24)25)21(26)23-11-9-18(14-23)28-19-4-2-3-10-22-19/h2-8,10,15,18H,9,11-14H2,1H3. The average molecular weight is 381 g/mol. The molecule has 0 radical (unpaired) electrons. The molecule has 2 amide bonds. The summed E-state index contributed by atoms with van der Waals surface area (Å²) in [5.74, 6) is 0.992. The molecule has 0 N–H and O–H groups in total. The van der Waals surface area contributed by atoms with Crippen LogP contribution in [-0.4, -0.2) is 54.5 Å². The molecule has 28 heavy (non-hydrogen) atoms. The number of rotatable bonds is 5. The summed E-state index contributed by atoms with van der Waals surface area (Å²) in [4.78, 5) is 33.0. The van der Waals surface area contributed by atoms with Gasteiger partial charge in [0.25, 0.3) is 0 Å². The number of ether oxygens (including phenoxy) is 2. The maximum atomic E-state index is 12.9. The Morgan fingerprint density at radius 1 is 1.14 bits per heavy atom.